The molecule has 2 aliphatic rings. The first kappa shape index (κ1) is 18.2. The molecule has 28 heavy (non-hydrogen) atoms. The maximum Gasteiger partial charge on any atom is 0.239 e. The summed E-state index contributed by atoms with van der Waals surface area (Å²) in [5.41, 5.74) is 2.81. The van der Waals surface area contributed by atoms with E-state index >= 15 is 0 Å². The number of likely N-dealkylation sites (N-methyl/N-ethyl adjacent to an activating group) is 1. The standard InChI is InChI=1S/C23H24N4O/c1-23(19-8-3-5-15(13-19)14-24)20(21(28)27(2)22(25)26-23)18-11-9-17(10-12-18)16-6-4-7-16/h3,5,8-13,16,20H,4,6-7H2,1-2H3,(H2,25,26)/t20-,23-/m1/s1. The number of nitriles is 1. The lowest BCUT2D eigenvalue weighted by atomic mass is 9.72. The summed E-state index contributed by atoms with van der Waals surface area (Å²) in [6, 6.07) is 17.8. The second-order valence-electron chi connectivity index (χ2n) is 7.99. The number of benzene rings is 2. The van der Waals surface area contributed by atoms with E-state index in [-0.39, 0.29) is 11.9 Å². The Hall–Kier alpha value is -3.13. The van der Waals surface area contributed by atoms with Crippen LogP contribution in [0.4, 0.5) is 0 Å². The highest BCUT2D eigenvalue weighted by atomic mass is 16.2. The van der Waals surface area contributed by atoms with Crippen molar-refractivity contribution in [3.63, 3.8) is 0 Å². The van der Waals surface area contributed by atoms with Crippen LogP contribution in [-0.2, 0) is 10.3 Å². The van der Waals surface area contributed by atoms with Crippen LogP contribution in [0, 0.1) is 16.7 Å². The zero-order valence-electron chi connectivity index (χ0n) is 16.2. The number of nitrogens with zero attached hydrogens (tertiary/aromatic N) is 2. The van der Waals surface area contributed by atoms with E-state index < -0.39 is 11.5 Å². The predicted octanol–water partition coefficient (Wildman–Crippen LogP) is 3.82. The van der Waals surface area contributed by atoms with Gasteiger partial charge in [0.25, 0.3) is 0 Å². The second kappa shape index (κ2) is 6.79. The molecule has 1 saturated carbocycles. The molecule has 0 radical (unpaired) electrons. The molecule has 2 atom stereocenters. The van der Waals surface area contributed by atoms with Crippen LogP contribution in [0.15, 0.2) is 48.5 Å². The highest BCUT2D eigenvalue weighted by molar-refractivity contribution is 6.02. The van der Waals surface area contributed by atoms with Crippen molar-refractivity contribution in [3.05, 3.63) is 70.8 Å². The van der Waals surface area contributed by atoms with Crippen LogP contribution in [0.3, 0.4) is 0 Å². The van der Waals surface area contributed by atoms with E-state index in [1.54, 1.807) is 19.2 Å². The molecular weight excluding hydrogens is 348 g/mol. The smallest absolute Gasteiger partial charge is 0.239 e. The van der Waals surface area contributed by atoms with Gasteiger partial charge in [-0.2, -0.15) is 5.26 Å². The summed E-state index contributed by atoms with van der Waals surface area (Å²) in [7, 11) is 1.62. The fourth-order valence-electron chi connectivity index (χ4n) is 4.28. The van der Waals surface area contributed by atoms with E-state index in [0.717, 1.165) is 11.1 Å². The number of hydrogen-bond acceptors (Lipinski definition) is 3. The lowest BCUT2D eigenvalue weighted by Gasteiger charge is -2.46. The van der Waals surface area contributed by atoms with Crippen molar-refractivity contribution in [3.8, 4) is 6.07 Å². The van der Waals surface area contributed by atoms with Crippen molar-refractivity contribution in [2.45, 2.75) is 43.6 Å². The van der Waals surface area contributed by atoms with E-state index in [1.807, 2.05) is 31.2 Å². The van der Waals surface area contributed by atoms with Gasteiger partial charge >= 0.3 is 0 Å². The number of carbonyl (C=O) groups is 1. The Labute approximate surface area is 165 Å². The van der Waals surface area contributed by atoms with Gasteiger partial charge in [0.15, 0.2) is 5.96 Å². The van der Waals surface area contributed by atoms with Crippen LogP contribution >= 0.6 is 0 Å². The van der Waals surface area contributed by atoms with Crippen LogP contribution in [0.25, 0.3) is 0 Å². The first-order valence-electron chi connectivity index (χ1n) is 9.69. The molecule has 0 spiro atoms. The largest absolute Gasteiger partial charge is 0.346 e. The van der Waals surface area contributed by atoms with Gasteiger partial charge in [-0.3, -0.25) is 15.1 Å². The number of rotatable bonds is 3. The molecule has 2 aromatic carbocycles. The first-order chi connectivity index (χ1) is 13.4. The van der Waals surface area contributed by atoms with Gasteiger partial charge in [-0.1, -0.05) is 42.8 Å². The van der Waals surface area contributed by atoms with E-state index in [9.17, 15) is 10.1 Å². The molecule has 2 aromatic rings. The molecule has 1 amide bonds. The molecule has 142 valence electrons. The molecule has 5 nitrogen and oxygen atoms in total. The predicted molar refractivity (Wildman–Crippen MR) is 108 cm³/mol. The molecular formula is C23H24N4O. The summed E-state index contributed by atoms with van der Waals surface area (Å²) in [5.74, 6) is 0.0990. The first-order valence-corrected chi connectivity index (χ1v) is 9.69. The third kappa shape index (κ3) is 2.86. The molecule has 5 heteroatoms. The summed E-state index contributed by atoms with van der Waals surface area (Å²) < 4.78 is 0. The van der Waals surface area contributed by atoms with Crippen LogP contribution < -0.4 is 5.32 Å². The SMILES string of the molecule is CN1C(=N)N[C@](C)(c2cccc(C#N)c2)[C@H](c2ccc(C3CCC3)cc2)C1=O. The van der Waals surface area contributed by atoms with Crippen molar-refractivity contribution < 1.29 is 4.79 Å². The lowest BCUT2D eigenvalue weighted by molar-refractivity contribution is -0.131. The minimum atomic E-state index is -0.814. The van der Waals surface area contributed by atoms with Crippen LogP contribution in [-0.4, -0.2) is 23.8 Å². The van der Waals surface area contributed by atoms with E-state index in [1.165, 1.54) is 29.7 Å². The van der Waals surface area contributed by atoms with Crippen molar-refractivity contribution >= 4 is 11.9 Å². The molecule has 4 rings (SSSR count). The molecule has 0 unspecified atom stereocenters. The quantitative estimate of drug-likeness (QED) is 0.859. The second-order valence-corrected chi connectivity index (χ2v) is 7.99. The van der Waals surface area contributed by atoms with E-state index in [0.29, 0.717) is 11.5 Å². The monoisotopic (exact) mass is 372 g/mol. The summed E-state index contributed by atoms with van der Waals surface area (Å²) in [6.07, 6.45) is 3.77. The summed E-state index contributed by atoms with van der Waals surface area (Å²) in [6.45, 7) is 1.94. The van der Waals surface area contributed by atoms with Gasteiger partial charge < -0.3 is 5.32 Å². The Morgan fingerprint density at radius 3 is 2.46 bits per heavy atom. The summed E-state index contributed by atoms with van der Waals surface area (Å²) >= 11 is 0. The van der Waals surface area contributed by atoms with Gasteiger partial charge in [0.05, 0.1) is 23.1 Å². The zero-order chi connectivity index (χ0) is 19.9. The third-order valence-corrected chi connectivity index (χ3v) is 6.31. The fourth-order valence-corrected chi connectivity index (χ4v) is 4.28. The molecule has 1 saturated heterocycles. The van der Waals surface area contributed by atoms with Gasteiger partial charge in [0.2, 0.25) is 5.91 Å². The molecule has 1 aliphatic heterocycles. The summed E-state index contributed by atoms with van der Waals surface area (Å²) in [5, 5.41) is 20.8. The van der Waals surface area contributed by atoms with Gasteiger partial charge in [0.1, 0.15) is 0 Å². The Kier molecular flexibility index (Phi) is 4.43. The van der Waals surface area contributed by atoms with Crippen LogP contribution in [0.1, 0.15) is 60.3 Å². The average Bonchev–Trinajstić information content (AvgIpc) is 2.66. The Balaban J connectivity index is 1.79. The highest BCUT2D eigenvalue weighted by Crippen LogP contribution is 2.42. The van der Waals surface area contributed by atoms with Gasteiger partial charge in [-0.05, 0) is 54.5 Å². The van der Waals surface area contributed by atoms with Gasteiger partial charge in [0, 0.05) is 7.05 Å². The summed E-state index contributed by atoms with van der Waals surface area (Å²) in [4.78, 5) is 14.6. The number of nitrogens with one attached hydrogen (secondary N) is 2. The maximum absolute atomic E-state index is 13.2. The van der Waals surface area contributed by atoms with E-state index in [4.69, 9.17) is 5.41 Å². The maximum atomic E-state index is 13.2. The minimum absolute atomic E-state index is 0.0669. The Bertz CT molecular complexity index is 971. The number of amides is 1. The number of hydrogen-bond donors (Lipinski definition) is 2. The van der Waals surface area contributed by atoms with Gasteiger partial charge in [-0.25, -0.2) is 0 Å². The molecule has 2 fully saturated rings. The molecule has 2 N–H and O–H groups in total. The van der Waals surface area contributed by atoms with Crippen molar-refractivity contribution in [1.29, 1.82) is 10.7 Å². The van der Waals surface area contributed by atoms with Crippen molar-refractivity contribution in [2.24, 2.45) is 0 Å². The van der Waals surface area contributed by atoms with Crippen LogP contribution in [0.2, 0.25) is 0 Å². The van der Waals surface area contributed by atoms with E-state index in [2.05, 4.69) is 23.5 Å². The third-order valence-electron chi connectivity index (χ3n) is 6.31. The van der Waals surface area contributed by atoms with Gasteiger partial charge in [-0.15, -0.1) is 0 Å². The van der Waals surface area contributed by atoms with Crippen LogP contribution in [0.5, 0.6) is 0 Å². The van der Waals surface area contributed by atoms with Crippen molar-refractivity contribution in [2.75, 3.05) is 7.05 Å². The normalized spacial score (nSPS) is 25.0. The minimum Gasteiger partial charge on any atom is -0.346 e. The molecule has 1 heterocycles. The molecule has 0 aromatic heterocycles. The molecule has 0 bridgehead atoms. The fraction of sp³-hybridized carbons (Fsp3) is 0.348. The Morgan fingerprint density at radius 1 is 1.18 bits per heavy atom. The topological polar surface area (TPSA) is 80.0 Å². The average molecular weight is 372 g/mol. The number of guanidine groups is 1. The molecule has 1 aliphatic carbocycles. The number of carbonyl (C=O) groups excluding carboxylic acids is 1. The Morgan fingerprint density at radius 2 is 1.86 bits per heavy atom. The highest BCUT2D eigenvalue weighted by Gasteiger charge is 2.48. The zero-order valence-corrected chi connectivity index (χ0v) is 16.2. The lowest BCUT2D eigenvalue weighted by Crippen LogP contribution is -2.62. The van der Waals surface area contributed by atoms with Crippen molar-refractivity contribution in [1.82, 2.24) is 10.2 Å².